The molecule has 2 N–H and O–H groups in total. The Bertz CT molecular complexity index is 277. The summed E-state index contributed by atoms with van der Waals surface area (Å²) in [5.41, 5.74) is -0.421. The Balaban J connectivity index is 2.17. The van der Waals surface area contributed by atoms with Crippen molar-refractivity contribution in [3.63, 3.8) is 0 Å². The zero-order valence-corrected chi connectivity index (χ0v) is 10.8. The van der Waals surface area contributed by atoms with Crippen molar-refractivity contribution in [3.05, 3.63) is 0 Å². The summed E-state index contributed by atoms with van der Waals surface area (Å²) >= 11 is 1.30. The van der Waals surface area contributed by atoms with E-state index in [9.17, 15) is 9.59 Å². The Kier molecular flexibility index (Phi) is 5.77. The summed E-state index contributed by atoms with van der Waals surface area (Å²) in [6.45, 7) is 3.62. The molecule has 1 unspecified atom stereocenters. The number of hydrogen-bond acceptors (Lipinski definition) is 4. The fourth-order valence-electron chi connectivity index (χ4n) is 1.72. The predicted molar refractivity (Wildman–Crippen MR) is 66.1 cm³/mol. The molecular weight excluding hydrogens is 242 g/mol. The lowest BCUT2D eigenvalue weighted by atomic mass is 9.84. The molecular formula is C11H19NO4S. The number of nitrogens with one attached hydrogen (secondary N) is 1. The van der Waals surface area contributed by atoms with Gasteiger partial charge in [-0.1, -0.05) is 0 Å². The minimum Gasteiger partial charge on any atom is -0.481 e. The van der Waals surface area contributed by atoms with Gasteiger partial charge in [0.15, 0.2) is 0 Å². The Morgan fingerprint density at radius 2 is 2.29 bits per heavy atom. The Labute approximate surface area is 105 Å². The molecule has 6 heteroatoms. The van der Waals surface area contributed by atoms with E-state index >= 15 is 0 Å². The molecule has 1 atom stereocenters. The van der Waals surface area contributed by atoms with E-state index in [1.165, 1.54) is 11.8 Å². The molecule has 1 aliphatic rings. The van der Waals surface area contributed by atoms with Gasteiger partial charge in [0.2, 0.25) is 5.91 Å². The number of carbonyl (C=O) groups excluding carboxylic acids is 1. The second-order valence-corrected chi connectivity index (χ2v) is 5.52. The molecule has 1 rings (SSSR count). The van der Waals surface area contributed by atoms with Crippen LogP contribution in [0.15, 0.2) is 0 Å². The summed E-state index contributed by atoms with van der Waals surface area (Å²) in [7, 11) is 0. The average Bonchev–Trinajstić information content (AvgIpc) is 2.29. The van der Waals surface area contributed by atoms with Gasteiger partial charge in [0, 0.05) is 18.9 Å². The summed E-state index contributed by atoms with van der Waals surface area (Å²) in [5, 5.41) is 11.3. The van der Waals surface area contributed by atoms with Crippen LogP contribution in [0.1, 0.15) is 19.8 Å². The number of rotatable bonds is 6. The summed E-state index contributed by atoms with van der Waals surface area (Å²) in [5.74, 6) is -0.118. The van der Waals surface area contributed by atoms with Crippen LogP contribution in [0.25, 0.3) is 0 Å². The van der Waals surface area contributed by atoms with Crippen LogP contribution in [0.5, 0.6) is 0 Å². The van der Waals surface area contributed by atoms with Crippen LogP contribution < -0.4 is 5.32 Å². The summed E-state index contributed by atoms with van der Waals surface area (Å²) in [6.07, 6.45) is 1.76. The number of amides is 1. The number of aliphatic carboxylic acids is 1. The van der Waals surface area contributed by atoms with Crippen LogP contribution in [-0.4, -0.2) is 48.2 Å². The van der Waals surface area contributed by atoms with Crippen molar-refractivity contribution in [2.75, 3.05) is 31.3 Å². The molecule has 1 heterocycles. The highest BCUT2D eigenvalue weighted by atomic mass is 32.2. The Morgan fingerprint density at radius 3 is 2.88 bits per heavy atom. The molecule has 0 aliphatic carbocycles. The van der Waals surface area contributed by atoms with Gasteiger partial charge >= 0.3 is 5.97 Å². The monoisotopic (exact) mass is 261 g/mol. The van der Waals surface area contributed by atoms with Crippen LogP contribution in [0.3, 0.4) is 0 Å². The van der Waals surface area contributed by atoms with E-state index in [0.29, 0.717) is 18.9 Å². The van der Waals surface area contributed by atoms with Gasteiger partial charge in [-0.3, -0.25) is 9.59 Å². The third kappa shape index (κ3) is 4.95. The van der Waals surface area contributed by atoms with Crippen molar-refractivity contribution in [2.24, 2.45) is 5.41 Å². The number of carbonyl (C=O) groups is 2. The first-order chi connectivity index (χ1) is 8.04. The first-order valence-corrected chi connectivity index (χ1v) is 6.86. The van der Waals surface area contributed by atoms with Gasteiger partial charge in [0.05, 0.1) is 17.8 Å². The number of carboxylic acid groups (broad SMARTS) is 1. The molecule has 0 bridgehead atoms. The number of thioether (sulfide) groups is 1. The lowest BCUT2D eigenvalue weighted by Gasteiger charge is -2.31. The molecule has 1 fully saturated rings. The van der Waals surface area contributed by atoms with Gasteiger partial charge in [-0.2, -0.15) is 0 Å². The minimum absolute atomic E-state index is 0.00752. The van der Waals surface area contributed by atoms with Crippen molar-refractivity contribution in [1.82, 2.24) is 5.32 Å². The smallest absolute Gasteiger partial charge is 0.313 e. The van der Waals surface area contributed by atoms with Crippen LogP contribution in [0.2, 0.25) is 0 Å². The lowest BCUT2D eigenvalue weighted by Crippen LogP contribution is -2.44. The number of carboxylic acids is 1. The largest absolute Gasteiger partial charge is 0.481 e. The summed E-state index contributed by atoms with van der Waals surface area (Å²) < 4.78 is 5.32. The van der Waals surface area contributed by atoms with Crippen molar-refractivity contribution < 1.29 is 19.4 Å². The molecule has 1 aliphatic heterocycles. The molecule has 98 valence electrons. The molecule has 0 aromatic rings. The van der Waals surface area contributed by atoms with Gasteiger partial charge in [0.1, 0.15) is 0 Å². The molecule has 0 radical (unpaired) electrons. The van der Waals surface area contributed by atoms with E-state index in [1.807, 2.05) is 6.92 Å². The normalized spacial score (nSPS) is 24.3. The fraction of sp³-hybridized carbons (Fsp3) is 0.818. The highest BCUT2D eigenvalue weighted by molar-refractivity contribution is 7.99. The highest BCUT2D eigenvalue weighted by Crippen LogP contribution is 2.27. The third-order valence-corrected chi connectivity index (χ3v) is 3.69. The van der Waals surface area contributed by atoms with Crippen molar-refractivity contribution in [1.29, 1.82) is 0 Å². The van der Waals surface area contributed by atoms with Crippen molar-refractivity contribution in [2.45, 2.75) is 19.8 Å². The maximum atomic E-state index is 11.9. The molecule has 0 saturated carbocycles. The lowest BCUT2D eigenvalue weighted by molar-refractivity contribution is -0.137. The van der Waals surface area contributed by atoms with E-state index < -0.39 is 11.4 Å². The van der Waals surface area contributed by atoms with Gasteiger partial charge in [-0.25, -0.2) is 0 Å². The van der Waals surface area contributed by atoms with E-state index in [0.717, 1.165) is 19.4 Å². The van der Waals surface area contributed by atoms with Crippen LogP contribution >= 0.6 is 11.8 Å². The first kappa shape index (κ1) is 14.3. The maximum Gasteiger partial charge on any atom is 0.313 e. The van der Waals surface area contributed by atoms with Crippen LogP contribution in [0, 0.1) is 5.41 Å². The number of hydrogen-bond donors (Lipinski definition) is 2. The van der Waals surface area contributed by atoms with Gasteiger partial charge in [-0.05, 0) is 19.8 Å². The Hall–Kier alpha value is -0.750. The van der Waals surface area contributed by atoms with Gasteiger partial charge < -0.3 is 15.2 Å². The van der Waals surface area contributed by atoms with E-state index in [4.69, 9.17) is 9.84 Å². The standard InChI is InChI=1S/C11H19NO4S/c1-11(3-2-5-16-8-11)10(15)12-4-6-17-7-9(13)14/h2-8H2,1H3,(H,12,15)(H,13,14). The molecule has 17 heavy (non-hydrogen) atoms. The third-order valence-electron chi connectivity index (χ3n) is 2.74. The maximum absolute atomic E-state index is 11.9. The quantitative estimate of drug-likeness (QED) is 0.690. The molecule has 0 aromatic carbocycles. The van der Waals surface area contributed by atoms with E-state index in [1.54, 1.807) is 0 Å². The van der Waals surface area contributed by atoms with Gasteiger partial charge in [0.25, 0.3) is 0 Å². The first-order valence-electron chi connectivity index (χ1n) is 5.70. The topological polar surface area (TPSA) is 75.6 Å². The molecule has 0 aromatic heterocycles. The molecule has 0 spiro atoms. The Morgan fingerprint density at radius 1 is 1.53 bits per heavy atom. The van der Waals surface area contributed by atoms with Crippen LogP contribution in [0.4, 0.5) is 0 Å². The average molecular weight is 261 g/mol. The number of ether oxygens (including phenoxy) is 1. The zero-order chi connectivity index (χ0) is 12.7. The van der Waals surface area contributed by atoms with Gasteiger partial charge in [-0.15, -0.1) is 11.8 Å². The second-order valence-electron chi connectivity index (χ2n) is 4.42. The molecule has 1 amide bonds. The van der Waals surface area contributed by atoms with Crippen molar-refractivity contribution >= 4 is 23.6 Å². The van der Waals surface area contributed by atoms with Crippen molar-refractivity contribution in [3.8, 4) is 0 Å². The summed E-state index contributed by atoms with van der Waals surface area (Å²) in [4.78, 5) is 22.2. The van der Waals surface area contributed by atoms with Crippen LogP contribution in [-0.2, 0) is 14.3 Å². The van der Waals surface area contributed by atoms with E-state index in [2.05, 4.69) is 5.32 Å². The predicted octanol–water partition coefficient (Wildman–Crippen LogP) is 0.737. The fourth-order valence-corrected chi connectivity index (χ4v) is 2.29. The SMILES string of the molecule is CC1(C(=O)NCCSCC(=O)O)CCCOC1. The molecule has 5 nitrogen and oxygen atoms in total. The highest BCUT2D eigenvalue weighted by Gasteiger charge is 2.35. The zero-order valence-electron chi connectivity index (χ0n) is 10.0. The minimum atomic E-state index is -0.825. The second kappa shape index (κ2) is 6.86. The summed E-state index contributed by atoms with van der Waals surface area (Å²) in [6, 6.07) is 0. The van der Waals surface area contributed by atoms with E-state index in [-0.39, 0.29) is 11.7 Å². The molecule has 1 saturated heterocycles.